The van der Waals surface area contributed by atoms with Gasteiger partial charge in [0.25, 0.3) is 0 Å². The van der Waals surface area contributed by atoms with Crippen molar-refractivity contribution in [3.63, 3.8) is 0 Å². The van der Waals surface area contributed by atoms with Gasteiger partial charge in [0.2, 0.25) is 0 Å². The highest BCUT2D eigenvalue weighted by atomic mass is 16.4. The van der Waals surface area contributed by atoms with Gasteiger partial charge in [-0.25, -0.2) is 0 Å². The Labute approximate surface area is 97.3 Å². The number of rotatable bonds is 5. The second kappa shape index (κ2) is 5.69. The molecule has 0 spiro atoms. The maximum atomic E-state index is 11.3. The molecular weight excluding hydrogens is 200 g/mol. The molecule has 0 aromatic heterocycles. The Bertz CT molecular complexity index is 369. The molecule has 0 aliphatic rings. The number of aryl methyl sites for hydroxylation is 2. The van der Waals surface area contributed by atoms with Crippen molar-refractivity contribution in [3.8, 4) is 0 Å². The van der Waals surface area contributed by atoms with E-state index < -0.39 is 5.97 Å². The van der Waals surface area contributed by atoms with Crippen LogP contribution in [0.15, 0.2) is 18.2 Å². The van der Waals surface area contributed by atoms with Gasteiger partial charge in [-0.3, -0.25) is 4.79 Å². The summed E-state index contributed by atoms with van der Waals surface area (Å²) >= 11 is 0. The second-order valence-corrected chi connectivity index (χ2v) is 4.39. The lowest BCUT2D eigenvalue weighted by Gasteiger charge is -2.15. The summed E-state index contributed by atoms with van der Waals surface area (Å²) in [5.74, 6) is -1.05. The number of unbranched alkanes of at least 4 members (excludes halogenated alkanes) is 1. The Morgan fingerprint density at radius 3 is 2.62 bits per heavy atom. The first-order valence-corrected chi connectivity index (χ1v) is 5.86. The molecule has 2 nitrogen and oxygen atoms in total. The Morgan fingerprint density at radius 2 is 2.06 bits per heavy atom. The highest BCUT2D eigenvalue weighted by molar-refractivity contribution is 5.76. The maximum absolute atomic E-state index is 11.3. The minimum Gasteiger partial charge on any atom is -0.481 e. The first-order valence-electron chi connectivity index (χ1n) is 5.86. The first kappa shape index (κ1) is 12.8. The summed E-state index contributed by atoms with van der Waals surface area (Å²) in [4.78, 5) is 11.3. The summed E-state index contributed by atoms with van der Waals surface area (Å²) in [7, 11) is 0. The number of carboxylic acid groups (broad SMARTS) is 1. The standard InChI is InChI=1S/C14H20O2/c1-4-5-6-12(14(15)16)13-9-10(2)7-8-11(13)3/h7-9,12H,4-6H2,1-3H3,(H,15,16). The van der Waals surface area contributed by atoms with Gasteiger partial charge in [0.15, 0.2) is 0 Å². The summed E-state index contributed by atoms with van der Waals surface area (Å²) in [5, 5.41) is 9.27. The molecular formula is C14H20O2. The van der Waals surface area contributed by atoms with E-state index in [9.17, 15) is 9.90 Å². The van der Waals surface area contributed by atoms with Crippen LogP contribution in [0.4, 0.5) is 0 Å². The molecule has 1 atom stereocenters. The quantitative estimate of drug-likeness (QED) is 0.822. The molecule has 1 N–H and O–H groups in total. The molecule has 0 heterocycles. The zero-order valence-corrected chi connectivity index (χ0v) is 10.3. The molecule has 16 heavy (non-hydrogen) atoms. The molecule has 0 fully saturated rings. The summed E-state index contributed by atoms with van der Waals surface area (Å²) in [6.07, 6.45) is 2.73. The van der Waals surface area contributed by atoms with E-state index in [0.717, 1.165) is 36.0 Å². The predicted molar refractivity (Wildman–Crippen MR) is 65.8 cm³/mol. The molecule has 0 bridgehead atoms. The normalized spacial score (nSPS) is 12.4. The van der Waals surface area contributed by atoms with Crippen molar-refractivity contribution < 1.29 is 9.90 Å². The molecule has 0 aliphatic carbocycles. The third-order valence-corrected chi connectivity index (χ3v) is 2.95. The van der Waals surface area contributed by atoms with Gasteiger partial charge in [-0.15, -0.1) is 0 Å². The number of hydrogen-bond donors (Lipinski definition) is 1. The Morgan fingerprint density at radius 1 is 1.38 bits per heavy atom. The van der Waals surface area contributed by atoms with Crippen LogP contribution in [0, 0.1) is 13.8 Å². The van der Waals surface area contributed by atoms with Crippen LogP contribution in [0.2, 0.25) is 0 Å². The van der Waals surface area contributed by atoms with E-state index in [0.29, 0.717) is 0 Å². The highest BCUT2D eigenvalue weighted by Crippen LogP contribution is 2.26. The Kier molecular flexibility index (Phi) is 4.53. The lowest BCUT2D eigenvalue weighted by Crippen LogP contribution is -2.13. The first-order chi connectivity index (χ1) is 7.56. The molecule has 0 amide bonds. The third-order valence-electron chi connectivity index (χ3n) is 2.95. The van der Waals surface area contributed by atoms with Crippen molar-refractivity contribution in [1.29, 1.82) is 0 Å². The van der Waals surface area contributed by atoms with Crippen LogP contribution in [-0.4, -0.2) is 11.1 Å². The average molecular weight is 220 g/mol. The van der Waals surface area contributed by atoms with Crippen molar-refractivity contribution in [1.82, 2.24) is 0 Å². The van der Waals surface area contributed by atoms with Crippen LogP contribution in [0.5, 0.6) is 0 Å². The molecule has 1 unspecified atom stereocenters. The molecule has 1 aromatic carbocycles. The minimum atomic E-state index is -0.706. The van der Waals surface area contributed by atoms with Crippen LogP contribution in [0.1, 0.15) is 48.8 Å². The van der Waals surface area contributed by atoms with Crippen molar-refractivity contribution in [2.75, 3.05) is 0 Å². The van der Waals surface area contributed by atoms with Gasteiger partial charge in [0, 0.05) is 0 Å². The predicted octanol–water partition coefficient (Wildman–Crippen LogP) is 3.66. The topological polar surface area (TPSA) is 37.3 Å². The third kappa shape index (κ3) is 3.09. The van der Waals surface area contributed by atoms with Crippen molar-refractivity contribution >= 4 is 5.97 Å². The van der Waals surface area contributed by atoms with E-state index in [4.69, 9.17) is 0 Å². The molecule has 0 saturated carbocycles. The van der Waals surface area contributed by atoms with Crippen LogP contribution >= 0.6 is 0 Å². The van der Waals surface area contributed by atoms with Gasteiger partial charge in [0.05, 0.1) is 5.92 Å². The van der Waals surface area contributed by atoms with E-state index in [1.165, 1.54) is 0 Å². The van der Waals surface area contributed by atoms with Gasteiger partial charge in [-0.1, -0.05) is 43.5 Å². The van der Waals surface area contributed by atoms with Crippen LogP contribution in [0.3, 0.4) is 0 Å². The van der Waals surface area contributed by atoms with E-state index >= 15 is 0 Å². The van der Waals surface area contributed by atoms with E-state index in [1.54, 1.807) is 0 Å². The zero-order chi connectivity index (χ0) is 12.1. The van der Waals surface area contributed by atoms with Gasteiger partial charge < -0.3 is 5.11 Å². The number of carbonyl (C=O) groups is 1. The smallest absolute Gasteiger partial charge is 0.310 e. The molecule has 0 radical (unpaired) electrons. The second-order valence-electron chi connectivity index (χ2n) is 4.39. The minimum absolute atomic E-state index is 0.347. The van der Waals surface area contributed by atoms with Crippen molar-refractivity contribution in [2.24, 2.45) is 0 Å². The van der Waals surface area contributed by atoms with Gasteiger partial charge in [-0.05, 0) is 31.4 Å². The number of benzene rings is 1. The summed E-state index contributed by atoms with van der Waals surface area (Å²) in [6, 6.07) is 6.04. The average Bonchev–Trinajstić information content (AvgIpc) is 2.23. The lowest BCUT2D eigenvalue weighted by molar-refractivity contribution is -0.139. The van der Waals surface area contributed by atoms with Crippen molar-refractivity contribution in [3.05, 3.63) is 34.9 Å². The largest absolute Gasteiger partial charge is 0.481 e. The number of aliphatic carboxylic acids is 1. The van der Waals surface area contributed by atoms with Crippen LogP contribution in [-0.2, 0) is 4.79 Å². The summed E-state index contributed by atoms with van der Waals surface area (Å²) in [6.45, 7) is 6.07. The number of hydrogen-bond acceptors (Lipinski definition) is 1. The Balaban J connectivity index is 3.00. The fourth-order valence-electron chi connectivity index (χ4n) is 1.96. The van der Waals surface area contributed by atoms with Gasteiger partial charge in [-0.2, -0.15) is 0 Å². The van der Waals surface area contributed by atoms with E-state index in [1.807, 2.05) is 32.0 Å². The number of carboxylic acids is 1. The van der Waals surface area contributed by atoms with Crippen LogP contribution in [0.25, 0.3) is 0 Å². The molecule has 2 heteroatoms. The van der Waals surface area contributed by atoms with E-state index in [2.05, 4.69) is 6.92 Å². The Hall–Kier alpha value is -1.31. The van der Waals surface area contributed by atoms with E-state index in [-0.39, 0.29) is 5.92 Å². The SMILES string of the molecule is CCCCC(C(=O)O)c1cc(C)ccc1C. The summed E-state index contributed by atoms with van der Waals surface area (Å²) in [5.41, 5.74) is 3.18. The molecule has 1 aromatic rings. The molecule has 1 rings (SSSR count). The molecule has 88 valence electrons. The van der Waals surface area contributed by atoms with Crippen LogP contribution < -0.4 is 0 Å². The molecule has 0 saturated heterocycles. The maximum Gasteiger partial charge on any atom is 0.310 e. The molecule has 0 aliphatic heterocycles. The summed E-state index contributed by atoms with van der Waals surface area (Å²) < 4.78 is 0. The fourth-order valence-corrected chi connectivity index (χ4v) is 1.96. The van der Waals surface area contributed by atoms with Gasteiger partial charge >= 0.3 is 5.97 Å². The fraction of sp³-hybridized carbons (Fsp3) is 0.500. The zero-order valence-electron chi connectivity index (χ0n) is 10.3. The highest BCUT2D eigenvalue weighted by Gasteiger charge is 2.20. The lowest BCUT2D eigenvalue weighted by atomic mass is 9.89. The monoisotopic (exact) mass is 220 g/mol. The van der Waals surface area contributed by atoms with Crippen molar-refractivity contribution in [2.45, 2.75) is 46.0 Å². The van der Waals surface area contributed by atoms with Gasteiger partial charge in [0.1, 0.15) is 0 Å².